The summed E-state index contributed by atoms with van der Waals surface area (Å²) in [6.45, 7) is 4.33. The maximum atomic E-state index is 13.1. The van der Waals surface area contributed by atoms with Crippen molar-refractivity contribution < 1.29 is 18.1 Å². The Balaban J connectivity index is 2.74. The number of Topliss-reactive ketones (excluding diaryl/α,β-unsaturated/α-hetero) is 1. The fraction of sp³-hybridized carbons (Fsp3) is 0.429. The molecule has 0 aliphatic carbocycles. The topological polar surface area (TPSA) is 110 Å². The van der Waals surface area contributed by atoms with E-state index in [-0.39, 0.29) is 5.84 Å². The summed E-state index contributed by atoms with van der Waals surface area (Å²) in [5.74, 6) is -0.730. The third-order valence-electron chi connectivity index (χ3n) is 3.71. The molecule has 1 aliphatic rings. The number of nitrogens with zero attached hydrogens (tertiary/aromatic N) is 3. The number of hydrogen-bond donors (Lipinski definition) is 0. The van der Waals surface area contributed by atoms with Crippen molar-refractivity contribution in [2.24, 2.45) is 4.99 Å². The molecule has 0 fully saturated rings. The highest BCUT2D eigenvalue weighted by Crippen LogP contribution is 2.38. The summed E-state index contributed by atoms with van der Waals surface area (Å²) in [7, 11) is -4.50. The fourth-order valence-corrected chi connectivity index (χ4v) is 5.20. The van der Waals surface area contributed by atoms with Crippen LogP contribution in [0.15, 0.2) is 34.2 Å². The number of carbonyl (C=O) groups is 1. The number of alkyl halides is 2. The molecular formula is C14H15Cl2N3O5S. The maximum absolute atomic E-state index is 13.1. The number of aliphatic imine (C=N–C) groups is 1. The molecule has 2 rings (SSSR count). The molecule has 8 nitrogen and oxygen atoms in total. The first-order chi connectivity index (χ1) is 11.4. The van der Waals surface area contributed by atoms with Gasteiger partial charge in [-0.3, -0.25) is 19.9 Å². The van der Waals surface area contributed by atoms with E-state index in [1.165, 1.54) is 19.1 Å². The van der Waals surface area contributed by atoms with Gasteiger partial charge in [0.1, 0.15) is 11.9 Å². The van der Waals surface area contributed by atoms with Gasteiger partial charge in [-0.25, -0.2) is 12.7 Å². The van der Waals surface area contributed by atoms with Gasteiger partial charge in [0.15, 0.2) is 15.5 Å². The van der Waals surface area contributed by atoms with Crippen LogP contribution in [0.5, 0.6) is 0 Å². The van der Waals surface area contributed by atoms with Gasteiger partial charge in [0.2, 0.25) is 0 Å². The lowest BCUT2D eigenvalue weighted by Crippen LogP contribution is -2.52. The highest BCUT2D eigenvalue weighted by molar-refractivity contribution is 7.90. The standard InChI is InChI=1S/C14H15Cl2N3O5S/c1-8(20)11-14(2,3)17-13(12(15)16)18(11)25(23,24)10-7-5-4-6-9(10)19(21)22/h4-7,11-12H,1-3H3/t11-/m0/s1. The Morgan fingerprint density at radius 1 is 1.36 bits per heavy atom. The number of benzene rings is 1. The molecule has 1 atom stereocenters. The minimum Gasteiger partial charge on any atom is -0.298 e. The second-order valence-electron chi connectivity index (χ2n) is 5.96. The first kappa shape index (κ1) is 19.6. The van der Waals surface area contributed by atoms with Crippen molar-refractivity contribution in [3.63, 3.8) is 0 Å². The van der Waals surface area contributed by atoms with Gasteiger partial charge in [0.05, 0.1) is 10.5 Å². The molecule has 0 spiro atoms. The van der Waals surface area contributed by atoms with Crippen molar-refractivity contribution in [3.8, 4) is 0 Å². The number of halogens is 2. The smallest absolute Gasteiger partial charge is 0.289 e. The lowest BCUT2D eigenvalue weighted by Gasteiger charge is -2.31. The van der Waals surface area contributed by atoms with Gasteiger partial charge in [0, 0.05) is 6.07 Å². The molecule has 1 aliphatic heterocycles. The zero-order valence-electron chi connectivity index (χ0n) is 13.5. The van der Waals surface area contributed by atoms with E-state index in [2.05, 4.69) is 4.99 Å². The molecule has 0 bridgehead atoms. The van der Waals surface area contributed by atoms with E-state index in [4.69, 9.17) is 23.2 Å². The highest BCUT2D eigenvalue weighted by atomic mass is 35.5. The number of amidine groups is 1. The number of nitro groups is 1. The van der Waals surface area contributed by atoms with Crippen molar-refractivity contribution >= 4 is 50.5 Å². The molecule has 136 valence electrons. The van der Waals surface area contributed by atoms with Gasteiger partial charge in [0.25, 0.3) is 15.7 Å². The van der Waals surface area contributed by atoms with Crippen molar-refractivity contribution in [2.45, 2.75) is 42.1 Å². The van der Waals surface area contributed by atoms with Gasteiger partial charge in [-0.15, -0.1) is 0 Å². The Bertz CT molecular complexity index is 867. The van der Waals surface area contributed by atoms with Crippen molar-refractivity contribution in [3.05, 3.63) is 34.4 Å². The molecule has 25 heavy (non-hydrogen) atoms. The number of carbonyl (C=O) groups excluding carboxylic acids is 1. The monoisotopic (exact) mass is 407 g/mol. The molecule has 0 saturated carbocycles. The minimum absolute atomic E-state index is 0.244. The number of hydrogen-bond acceptors (Lipinski definition) is 6. The van der Waals surface area contributed by atoms with E-state index in [1.807, 2.05) is 0 Å². The average molecular weight is 408 g/mol. The fourth-order valence-electron chi connectivity index (χ4n) is 2.83. The van der Waals surface area contributed by atoms with E-state index in [9.17, 15) is 23.3 Å². The van der Waals surface area contributed by atoms with E-state index < -0.39 is 47.7 Å². The average Bonchev–Trinajstić information content (AvgIpc) is 2.79. The molecule has 0 unspecified atom stereocenters. The molecule has 0 N–H and O–H groups in total. The Hall–Kier alpha value is -1.71. The van der Waals surface area contributed by atoms with E-state index >= 15 is 0 Å². The van der Waals surface area contributed by atoms with Crippen LogP contribution in [-0.2, 0) is 14.8 Å². The molecule has 0 radical (unpaired) electrons. The van der Waals surface area contributed by atoms with Crippen LogP contribution in [0.2, 0.25) is 0 Å². The second-order valence-corrected chi connectivity index (χ2v) is 8.84. The molecule has 1 aromatic rings. The van der Waals surface area contributed by atoms with Crippen LogP contribution < -0.4 is 0 Å². The zero-order valence-corrected chi connectivity index (χ0v) is 15.8. The molecule has 0 aromatic heterocycles. The van der Waals surface area contributed by atoms with Gasteiger partial charge in [-0.05, 0) is 26.8 Å². The second kappa shape index (κ2) is 6.54. The number of sulfonamides is 1. The van der Waals surface area contributed by atoms with E-state index in [0.29, 0.717) is 4.31 Å². The molecule has 1 heterocycles. The van der Waals surface area contributed by atoms with Crippen molar-refractivity contribution in [2.75, 3.05) is 0 Å². The number of nitro benzene ring substituents is 1. The lowest BCUT2D eigenvalue weighted by atomic mass is 9.94. The predicted molar refractivity (Wildman–Crippen MR) is 93.6 cm³/mol. The van der Waals surface area contributed by atoms with E-state index in [0.717, 1.165) is 12.1 Å². The minimum atomic E-state index is -4.50. The van der Waals surface area contributed by atoms with Gasteiger partial charge in [-0.1, -0.05) is 35.3 Å². The summed E-state index contributed by atoms with van der Waals surface area (Å²) in [6.07, 6.45) is 0. The normalized spacial score (nSPS) is 19.8. The SMILES string of the molecule is CC(=O)[C@@H]1N(S(=O)(=O)c2ccccc2[N+](=O)[O-])C(C(Cl)Cl)=NC1(C)C. The first-order valence-electron chi connectivity index (χ1n) is 7.07. The van der Waals surface area contributed by atoms with Gasteiger partial charge in [-0.2, -0.15) is 0 Å². The molecule has 11 heteroatoms. The van der Waals surface area contributed by atoms with Crippen LogP contribution >= 0.6 is 23.2 Å². The van der Waals surface area contributed by atoms with Crippen LogP contribution in [0.3, 0.4) is 0 Å². The number of para-hydroxylation sites is 1. The maximum Gasteiger partial charge on any atom is 0.289 e. The molecule has 0 amide bonds. The summed E-state index contributed by atoms with van der Waals surface area (Å²) in [6, 6.07) is 3.62. The number of ketones is 1. The Morgan fingerprint density at radius 3 is 2.40 bits per heavy atom. The Labute approximate surface area is 154 Å². The highest BCUT2D eigenvalue weighted by Gasteiger charge is 2.52. The lowest BCUT2D eigenvalue weighted by molar-refractivity contribution is -0.387. The van der Waals surface area contributed by atoms with Crippen molar-refractivity contribution in [1.29, 1.82) is 0 Å². The van der Waals surface area contributed by atoms with E-state index in [1.54, 1.807) is 13.8 Å². The van der Waals surface area contributed by atoms with Crippen LogP contribution in [0.4, 0.5) is 5.69 Å². The van der Waals surface area contributed by atoms with Crippen molar-refractivity contribution in [1.82, 2.24) is 4.31 Å². The Kier molecular flexibility index (Phi) is 5.13. The number of rotatable bonds is 5. The summed E-state index contributed by atoms with van der Waals surface area (Å²) < 4.78 is 27.0. The Morgan fingerprint density at radius 2 is 1.92 bits per heavy atom. The van der Waals surface area contributed by atoms with Gasteiger partial charge >= 0.3 is 0 Å². The van der Waals surface area contributed by atoms with Crippen LogP contribution in [0, 0.1) is 10.1 Å². The van der Waals surface area contributed by atoms with Crippen LogP contribution in [0.1, 0.15) is 20.8 Å². The third kappa shape index (κ3) is 3.36. The third-order valence-corrected chi connectivity index (χ3v) is 5.92. The van der Waals surface area contributed by atoms with Crippen LogP contribution in [-0.4, -0.2) is 45.7 Å². The predicted octanol–water partition coefficient (Wildman–Crippen LogP) is 2.54. The first-order valence-corrected chi connectivity index (χ1v) is 9.38. The van der Waals surface area contributed by atoms with Crippen LogP contribution in [0.25, 0.3) is 0 Å². The summed E-state index contributed by atoms with van der Waals surface area (Å²) in [5.41, 5.74) is -1.74. The summed E-state index contributed by atoms with van der Waals surface area (Å²) in [5, 5.41) is 11.2. The quantitative estimate of drug-likeness (QED) is 0.423. The largest absolute Gasteiger partial charge is 0.298 e. The zero-order chi connectivity index (χ0) is 19.2. The molecular weight excluding hydrogens is 393 g/mol. The van der Waals surface area contributed by atoms with Gasteiger partial charge < -0.3 is 0 Å². The summed E-state index contributed by atoms with van der Waals surface area (Å²) >= 11 is 11.7. The molecule has 1 aromatic carbocycles. The molecule has 0 saturated heterocycles. The summed E-state index contributed by atoms with van der Waals surface area (Å²) in [4.78, 5) is 24.8.